The molecule has 0 aliphatic heterocycles. The van der Waals surface area contributed by atoms with E-state index in [0.29, 0.717) is 16.6 Å². The van der Waals surface area contributed by atoms with Gasteiger partial charge in [0.15, 0.2) is 0 Å². The van der Waals surface area contributed by atoms with Gasteiger partial charge in [0.05, 0.1) is 28.3 Å². The lowest BCUT2D eigenvalue weighted by Crippen LogP contribution is -2.28. The molecule has 1 amide bonds. The molecule has 0 bridgehead atoms. The topological polar surface area (TPSA) is 123 Å². The first-order chi connectivity index (χ1) is 14.7. The number of aromatic amines is 2. The molecule has 5 rings (SSSR count). The van der Waals surface area contributed by atoms with E-state index in [1.165, 1.54) is 0 Å². The van der Waals surface area contributed by atoms with E-state index in [9.17, 15) is 10.1 Å². The molecule has 1 atom stereocenters. The number of hydrogen-bond donors (Lipinski definition) is 3. The first-order valence-corrected chi connectivity index (χ1v) is 9.26. The number of fused-ring (bicyclic) bond motifs is 2. The fourth-order valence-corrected chi connectivity index (χ4v) is 3.40. The molecule has 0 fully saturated rings. The highest BCUT2D eigenvalue weighted by atomic mass is 16.2. The summed E-state index contributed by atoms with van der Waals surface area (Å²) in [4.78, 5) is 25.5. The van der Waals surface area contributed by atoms with Crippen molar-refractivity contribution in [3.63, 3.8) is 0 Å². The zero-order chi connectivity index (χ0) is 20.5. The average Bonchev–Trinajstić information content (AvgIpc) is 3.40. The van der Waals surface area contributed by atoms with Crippen molar-refractivity contribution in [3.05, 3.63) is 78.4 Å². The Morgan fingerprint density at radius 3 is 2.47 bits per heavy atom. The summed E-state index contributed by atoms with van der Waals surface area (Å²) in [7, 11) is 0. The number of imidazole rings is 1. The van der Waals surface area contributed by atoms with Crippen molar-refractivity contribution in [3.8, 4) is 17.3 Å². The molecule has 0 unspecified atom stereocenters. The third kappa shape index (κ3) is 3.04. The van der Waals surface area contributed by atoms with Crippen LogP contribution < -0.4 is 5.32 Å². The third-order valence-corrected chi connectivity index (χ3v) is 4.87. The molecule has 0 spiro atoms. The lowest BCUT2D eigenvalue weighted by atomic mass is 10.1. The molecule has 3 N–H and O–H groups in total. The molecule has 3 aromatic heterocycles. The summed E-state index contributed by atoms with van der Waals surface area (Å²) in [6, 6.07) is 17.9. The molecular formula is C22H15N7O. The standard InChI is InChI=1S/C22H15N7O/c23-12-19(13-4-2-1-3-5-13)27-22(30)21-25-17-10-15-16(11-18(17)26-21)28-29-20(15)14-6-8-24-9-7-14/h1-11,19,28-29H,(H,27,30)/t19-/m1/s1. The molecule has 0 aliphatic carbocycles. The minimum atomic E-state index is -0.775. The van der Waals surface area contributed by atoms with Crippen LogP contribution in [0.15, 0.2) is 67.0 Å². The lowest BCUT2D eigenvalue weighted by molar-refractivity contribution is 0.0936. The molecule has 0 saturated heterocycles. The van der Waals surface area contributed by atoms with Crippen LogP contribution in [0.4, 0.5) is 0 Å². The fraction of sp³-hybridized carbons (Fsp3) is 0.0455. The zero-order valence-electron chi connectivity index (χ0n) is 15.6. The van der Waals surface area contributed by atoms with Crippen LogP contribution in [0.25, 0.3) is 33.2 Å². The Morgan fingerprint density at radius 1 is 1.00 bits per heavy atom. The average molecular weight is 393 g/mol. The molecule has 2 aromatic carbocycles. The number of carbonyl (C=O) groups excluding carboxylic acids is 1. The van der Waals surface area contributed by atoms with Crippen molar-refractivity contribution in [1.82, 2.24) is 30.5 Å². The van der Waals surface area contributed by atoms with Gasteiger partial charge in [0.25, 0.3) is 5.91 Å². The summed E-state index contributed by atoms with van der Waals surface area (Å²) < 4.78 is 0. The lowest BCUT2D eigenvalue weighted by Gasteiger charge is -2.10. The predicted molar refractivity (Wildman–Crippen MR) is 111 cm³/mol. The summed E-state index contributed by atoms with van der Waals surface area (Å²) in [5.41, 5.74) is 4.63. The van der Waals surface area contributed by atoms with E-state index in [0.717, 1.165) is 22.2 Å². The number of benzene rings is 2. The summed E-state index contributed by atoms with van der Waals surface area (Å²) in [5.74, 6) is -0.463. The van der Waals surface area contributed by atoms with Gasteiger partial charge in [-0.3, -0.25) is 14.9 Å². The Balaban J connectivity index is 1.49. The van der Waals surface area contributed by atoms with Gasteiger partial charge in [0.1, 0.15) is 6.04 Å². The highest BCUT2D eigenvalue weighted by Gasteiger charge is 2.19. The first kappa shape index (κ1) is 17.6. The van der Waals surface area contributed by atoms with Crippen molar-refractivity contribution >= 4 is 27.8 Å². The van der Waals surface area contributed by atoms with Gasteiger partial charge >= 0.3 is 0 Å². The molecule has 5 aromatic rings. The summed E-state index contributed by atoms with van der Waals surface area (Å²) in [6.45, 7) is 0. The second-order valence-electron chi connectivity index (χ2n) is 6.74. The van der Waals surface area contributed by atoms with Gasteiger partial charge in [-0.25, -0.2) is 9.97 Å². The molecule has 0 saturated carbocycles. The van der Waals surface area contributed by atoms with Crippen molar-refractivity contribution in [1.29, 1.82) is 5.26 Å². The van der Waals surface area contributed by atoms with E-state index in [2.05, 4.69) is 36.5 Å². The third-order valence-electron chi connectivity index (χ3n) is 4.87. The van der Waals surface area contributed by atoms with E-state index in [1.54, 1.807) is 24.5 Å². The number of carbonyl (C=O) groups is 1. The molecule has 30 heavy (non-hydrogen) atoms. The van der Waals surface area contributed by atoms with E-state index >= 15 is 0 Å². The maximum Gasteiger partial charge on any atom is 0.290 e. The number of nitrogens with one attached hydrogen (secondary N) is 3. The number of pyridine rings is 1. The van der Waals surface area contributed by atoms with Crippen LogP contribution in [0.3, 0.4) is 0 Å². The van der Waals surface area contributed by atoms with Gasteiger partial charge in [-0.15, -0.1) is 0 Å². The molecule has 0 radical (unpaired) electrons. The first-order valence-electron chi connectivity index (χ1n) is 9.26. The number of nitriles is 1. The minimum absolute atomic E-state index is 0.0308. The van der Waals surface area contributed by atoms with Gasteiger partial charge in [0, 0.05) is 23.3 Å². The number of aromatic nitrogens is 5. The highest BCUT2D eigenvalue weighted by Crippen LogP contribution is 2.28. The van der Waals surface area contributed by atoms with Crippen LogP contribution in [-0.4, -0.2) is 31.1 Å². The highest BCUT2D eigenvalue weighted by molar-refractivity contribution is 6.02. The summed E-state index contributed by atoms with van der Waals surface area (Å²) in [5, 5.41) is 19.3. The van der Waals surface area contributed by atoms with Crippen LogP contribution in [-0.2, 0) is 0 Å². The van der Waals surface area contributed by atoms with E-state index in [-0.39, 0.29) is 5.82 Å². The Labute approximate surface area is 170 Å². The fourth-order valence-electron chi connectivity index (χ4n) is 3.40. The van der Waals surface area contributed by atoms with E-state index in [4.69, 9.17) is 0 Å². The van der Waals surface area contributed by atoms with Crippen molar-refractivity contribution in [2.24, 2.45) is 0 Å². The monoisotopic (exact) mass is 393 g/mol. The van der Waals surface area contributed by atoms with Gasteiger partial charge in [-0.05, 0) is 29.8 Å². The van der Waals surface area contributed by atoms with Crippen LogP contribution in [0, 0.1) is 11.3 Å². The van der Waals surface area contributed by atoms with Crippen LogP contribution >= 0.6 is 0 Å². The summed E-state index contributed by atoms with van der Waals surface area (Å²) >= 11 is 0. The molecule has 144 valence electrons. The molecular weight excluding hydrogens is 378 g/mol. The summed E-state index contributed by atoms with van der Waals surface area (Å²) in [6.07, 6.45) is 3.45. The maximum atomic E-state index is 12.7. The molecule has 3 heterocycles. The Kier molecular flexibility index (Phi) is 4.19. The minimum Gasteiger partial charge on any atom is -0.330 e. The predicted octanol–water partition coefficient (Wildman–Crippen LogP) is 3.50. The van der Waals surface area contributed by atoms with Crippen LogP contribution in [0.2, 0.25) is 0 Å². The van der Waals surface area contributed by atoms with Crippen molar-refractivity contribution in [2.75, 3.05) is 0 Å². The van der Waals surface area contributed by atoms with E-state index in [1.807, 2.05) is 42.5 Å². The van der Waals surface area contributed by atoms with Gasteiger partial charge < -0.3 is 10.4 Å². The van der Waals surface area contributed by atoms with Crippen LogP contribution in [0.1, 0.15) is 22.2 Å². The number of rotatable bonds is 4. The number of H-pyrrole nitrogens is 2. The van der Waals surface area contributed by atoms with Crippen molar-refractivity contribution < 1.29 is 4.79 Å². The number of hydrogen-bond acceptors (Lipinski definition) is 5. The molecule has 8 heteroatoms. The number of nitrogens with zero attached hydrogens (tertiary/aromatic N) is 4. The normalized spacial score (nSPS) is 12.0. The van der Waals surface area contributed by atoms with Crippen molar-refractivity contribution in [2.45, 2.75) is 6.04 Å². The van der Waals surface area contributed by atoms with Gasteiger partial charge in [-0.2, -0.15) is 5.26 Å². The second-order valence-corrected chi connectivity index (χ2v) is 6.74. The smallest absolute Gasteiger partial charge is 0.290 e. The van der Waals surface area contributed by atoms with Crippen LogP contribution in [0.5, 0.6) is 0 Å². The molecule has 0 aliphatic rings. The quantitative estimate of drug-likeness (QED) is 0.431. The Morgan fingerprint density at radius 2 is 1.73 bits per heavy atom. The Bertz CT molecular complexity index is 1400. The second kappa shape index (κ2) is 7.14. The zero-order valence-corrected chi connectivity index (χ0v) is 15.6. The van der Waals surface area contributed by atoms with Gasteiger partial charge in [0.2, 0.25) is 5.82 Å². The maximum absolute atomic E-state index is 12.7. The number of amides is 1. The van der Waals surface area contributed by atoms with Gasteiger partial charge in [-0.1, -0.05) is 30.3 Å². The van der Waals surface area contributed by atoms with E-state index < -0.39 is 11.9 Å². The largest absolute Gasteiger partial charge is 0.330 e. The molecule has 8 nitrogen and oxygen atoms in total. The Hall–Kier alpha value is -4.51. The SMILES string of the molecule is N#C[C@@H](NC(=O)c1nc2cc3[nH][nH]c(-c4ccncc4)c3cc2n1)c1ccccc1.